The van der Waals surface area contributed by atoms with E-state index in [2.05, 4.69) is 40.7 Å². The van der Waals surface area contributed by atoms with Gasteiger partial charge in [-0.2, -0.15) is 0 Å². The zero-order chi connectivity index (χ0) is 16.7. The fourth-order valence-corrected chi connectivity index (χ4v) is 3.27. The summed E-state index contributed by atoms with van der Waals surface area (Å²) in [7, 11) is 3.46. The third-order valence-electron chi connectivity index (χ3n) is 3.41. The number of ether oxygens (including phenoxy) is 1. The molecule has 6 heteroatoms. The third-order valence-corrected chi connectivity index (χ3v) is 4.70. The van der Waals surface area contributed by atoms with Crippen LogP contribution >= 0.6 is 22.9 Å². The SMILES string of the molecule is CN=C(NCCc1ccc(Cl)s1)NCc1ccc(C)cc1OC. The Balaban J connectivity index is 1.83. The van der Waals surface area contributed by atoms with Crippen molar-refractivity contribution >= 4 is 28.9 Å². The Hall–Kier alpha value is -1.72. The maximum atomic E-state index is 5.94. The molecule has 0 aliphatic carbocycles. The molecule has 2 N–H and O–H groups in total. The number of hydrogen-bond donors (Lipinski definition) is 2. The second kappa shape index (κ2) is 8.79. The second-order valence-corrected chi connectivity index (χ2v) is 6.92. The number of benzene rings is 1. The number of nitrogens with zero attached hydrogens (tertiary/aromatic N) is 1. The Bertz CT molecular complexity index is 670. The summed E-state index contributed by atoms with van der Waals surface area (Å²) < 4.78 is 6.25. The van der Waals surface area contributed by atoms with Crippen LogP contribution in [-0.4, -0.2) is 26.7 Å². The fraction of sp³-hybridized carbons (Fsp3) is 0.353. The zero-order valence-electron chi connectivity index (χ0n) is 13.6. The van der Waals surface area contributed by atoms with Gasteiger partial charge in [-0.05, 0) is 37.1 Å². The van der Waals surface area contributed by atoms with E-state index in [0.29, 0.717) is 6.54 Å². The number of thiophene rings is 1. The van der Waals surface area contributed by atoms with Crippen molar-refractivity contribution in [1.82, 2.24) is 10.6 Å². The van der Waals surface area contributed by atoms with Gasteiger partial charge in [-0.3, -0.25) is 4.99 Å². The van der Waals surface area contributed by atoms with Crippen molar-refractivity contribution < 1.29 is 4.74 Å². The van der Waals surface area contributed by atoms with E-state index < -0.39 is 0 Å². The van der Waals surface area contributed by atoms with Crippen molar-refractivity contribution in [3.63, 3.8) is 0 Å². The molecule has 0 radical (unpaired) electrons. The molecule has 0 aliphatic rings. The molecule has 0 spiro atoms. The van der Waals surface area contributed by atoms with Gasteiger partial charge in [0.1, 0.15) is 5.75 Å². The van der Waals surface area contributed by atoms with Crippen LogP contribution in [0.5, 0.6) is 5.75 Å². The van der Waals surface area contributed by atoms with Crippen LogP contribution in [0.15, 0.2) is 35.3 Å². The van der Waals surface area contributed by atoms with E-state index in [0.717, 1.165) is 34.6 Å². The number of rotatable bonds is 6. The normalized spacial score (nSPS) is 11.4. The van der Waals surface area contributed by atoms with Gasteiger partial charge in [-0.25, -0.2) is 0 Å². The number of methoxy groups -OCH3 is 1. The molecule has 1 heterocycles. The number of halogens is 1. The van der Waals surface area contributed by atoms with Crippen LogP contribution in [0.1, 0.15) is 16.0 Å². The number of guanidine groups is 1. The standard InChI is InChI=1S/C17H22ClN3OS/c1-12-4-5-13(15(10-12)22-3)11-21-17(19-2)20-9-8-14-6-7-16(18)23-14/h4-7,10H,8-9,11H2,1-3H3,(H2,19,20,21). The summed E-state index contributed by atoms with van der Waals surface area (Å²) in [6, 6.07) is 10.2. The van der Waals surface area contributed by atoms with Crippen LogP contribution in [0, 0.1) is 6.92 Å². The first kappa shape index (κ1) is 17.6. The van der Waals surface area contributed by atoms with Crippen LogP contribution in [0.3, 0.4) is 0 Å². The summed E-state index contributed by atoms with van der Waals surface area (Å²) in [5.41, 5.74) is 2.29. The molecular formula is C17H22ClN3OS. The summed E-state index contributed by atoms with van der Waals surface area (Å²) in [4.78, 5) is 5.51. The van der Waals surface area contributed by atoms with E-state index >= 15 is 0 Å². The maximum Gasteiger partial charge on any atom is 0.191 e. The van der Waals surface area contributed by atoms with Crippen molar-refractivity contribution in [3.8, 4) is 5.75 Å². The highest BCUT2D eigenvalue weighted by Gasteiger charge is 2.05. The van der Waals surface area contributed by atoms with Crippen LogP contribution in [-0.2, 0) is 13.0 Å². The quantitative estimate of drug-likeness (QED) is 0.617. The van der Waals surface area contributed by atoms with Gasteiger partial charge in [0.15, 0.2) is 5.96 Å². The van der Waals surface area contributed by atoms with Crippen molar-refractivity contribution in [3.05, 3.63) is 50.7 Å². The third kappa shape index (κ3) is 5.44. The second-order valence-electron chi connectivity index (χ2n) is 5.12. The highest BCUT2D eigenvalue weighted by Crippen LogP contribution is 2.21. The molecule has 0 saturated heterocycles. The topological polar surface area (TPSA) is 45.7 Å². The molecule has 1 aromatic carbocycles. The van der Waals surface area contributed by atoms with E-state index in [-0.39, 0.29) is 0 Å². The lowest BCUT2D eigenvalue weighted by atomic mass is 10.1. The summed E-state index contributed by atoms with van der Waals surface area (Å²) >= 11 is 7.55. The number of aryl methyl sites for hydroxylation is 1. The highest BCUT2D eigenvalue weighted by atomic mass is 35.5. The average molecular weight is 352 g/mol. The molecule has 2 rings (SSSR count). The number of aliphatic imine (C=N–C) groups is 1. The predicted molar refractivity (Wildman–Crippen MR) is 99.0 cm³/mol. The summed E-state index contributed by atoms with van der Waals surface area (Å²) in [5, 5.41) is 6.62. The Labute approximate surface area is 146 Å². The lowest BCUT2D eigenvalue weighted by Crippen LogP contribution is -2.37. The van der Waals surface area contributed by atoms with Crippen LogP contribution in [0.25, 0.3) is 0 Å². The average Bonchev–Trinajstić information content (AvgIpc) is 2.96. The van der Waals surface area contributed by atoms with E-state index in [1.807, 2.05) is 12.1 Å². The molecule has 23 heavy (non-hydrogen) atoms. The Morgan fingerprint density at radius 3 is 2.74 bits per heavy atom. The molecule has 1 aromatic heterocycles. The summed E-state index contributed by atoms with van der Waals surface area (Å²) in [5.74, 6) is 1.66. The Kier molecular flexibility index (Phi) is 6.74. The Morgan fingerprint density at radius 1 is 1.26 bits per heavy atom. The molecule has 124 valence electrons. The first-order chi connectivity index (χ1) is 11.1. The maximum absolute atomic E-state index is 5.94. The molecule has 0 bridgehead atoms. The minimum absolute atomic E-state index is 0.661. The first-order valence-electron chi connectivity index (χ1n) is 7.44. The van der Waals surface area contributed by atoms with E-state index in [1.165, 1.54) is 10.4 Å². The fourth-order valence-electron chi connectivity index (χ4n) is 2.19. The molecule has 0 aliphatic heterocycles. The largest absolute Gasteiger partial charge is 0.496 e. The van der Waals surface area contributed by atoms with E-state index in [1.54, 1.807) is 25.5 Å². The van der Waals surface area contributed by atoms with Crippen LogP contribution < -0.4 is 15.4 Å². The van der Waals surface area contributed by atoms with Crippen molar-refractivity contribution in [1.29, 1.82) is 0 Å². The van der Waals surface area contributed by atoms with Gasteiger partial charge in [0.2, 0.25) is 0 Å². The minimum atomic E-state index is 0.661. The monoisotopic (exact) mass is 351 g/mol. The van der Waals surface area contributed by atoms with Crippen molar-refractivity contribution in [2.24, 2.45) is 4.99 Å². The predicted octanol–water partition coefficient (Wildman–Crippen LogP) is 3.63. The van der Waals surface area contributed by atoms with Gasteiger partial charge >= 0.3 is 0 Å². The minimum Gasteiger partial charge on any atom is -0.496 e. The van der Waals surface area contributed by atoms with E-state index in [9.17, 15) is 0 Å². The van der Waals surface area contributed by atoms with Gasteiger partial charge in [0.05, 0.1) is 11.4 Å². The molecular weight excluding hydrogens is 330 g/mol. The molecule has 4 nitrogen and oxygen atoms in total. The van der Waals surface area contributed by atoms with E-state index in [4.69, 9.17) is 16.3 Å². The lowest BCUT2D eigenvalue weighted by Gasteiger charge is -2.14. The van der Waals surface area contributed by atoms with Gasteiger partial charge < -0.3 is 15.4 Å². The molecule has 0 atom stereocenters. The molecule has 0 saturated carbocycles. The molecule has 0 fully saturated rings. The first-order valence-corrected chi connectivity index (χ1v) is 8.64. The number of nitrogens with one attached hydrogen (secondary N) is 2. The van der Waals surface area contributed by atoms with Crippen LogP contribution in [0.2, 0.25) is 4.34 Å². The lowest BCUT2D eigenvalue weighted by molar-refractivity contribution is 0.408. The smallest absolute Gasteiger partial charge is 0.191 e. The summed E-state index contributed by atoms with van der Waals surface area (Å²) in [6.07, 6.45) is 0.923. The molecule has 0 unspecified atom stereocenters. The number of hydrogen-bond acceptors (Lipinski definition) is 3. The highest BCUT2D eigenvalue weighted by molar-refractivity contribution is 7.16. The molecule has 0 amide bonds. The Morgan fingerprint density at radius 2 is 2.09 bits per heavy atom. The molecule has 2 aromatic rings. The van der Waals surface area contributed by atoms with Crippen molar-refractivity contribution in [2.75, 3.05) is 20.7 Å². The van der Waals surface area contributed by atoms with Gasteiger partial charge in [-0.15, -0.1) is 11.3 Å². The van der Waals surface area contributed by atoms with Gasteiger partial charge in [-0.1, -0.05) is 23.7 Å². The van der Waals surface area contributed by atoms with Crippen molar-refractivity contribution in [2.45, 2.75) is 19.9 Å². The summed E-state index contributed by atoms with van der Waals surface area (Å²) in [6.45, 7) is 3.52. The van der Waals surface area contributed by atoms with Gasteiger partial charge in [0, 0.05) is 30.6 Å². The van der Waals surface area contributed by atoms with Crippen LogP contribution in [0.4, 0.5) is 0 Å². The zero-order valence-corrected chi connectivity index (χ0v) is 15.2. The van der Waals surface area contributed by atoms with Gasteiger partial charge in [0.25, 0.3) is 0 Å².